The summed E-state index contributed by atoms with van der Waals surface area (Å²) in [6, 6.07) is 7.58. The molecule has 1 atom stereocenters. The molecule has 0 saturated carbocycles. The van der Waals surface area contributed by atoms with Crippen LogP contribution in [0, 0.1) is 19.7 Å². The minimum atomic E-state index is -3.86. The van der Waals surface area contributed by atoms with Crippen LogP contribution in [0.2, 0.25) is 0 Å². The second kappa shape index (κ2) is 6.15. The number of rotatable bonds is 3. The summed E-state index contributed by atoms with van der Waals surface area (Å²) in [5, 5.41) is 14.0. The first kappa shape index (κ1) is 17.4. The maximum atomic E-state index is 14.0. The average Bonchev–Trinajstić information content (AvgIpc) is 2.89. The number of fused-ring (bicyclic) bond motifs is 1. The molecule has 0 fully saturated rings. The van der Waals surface area contributed by atoms with Crippen molar-refractivity contribution in [3.63, 3.8) is 0 Å². The Morgan fingerprint density at radius 3 is 2.68 bits per heavy atom. The van der Waals surface area contributed by atoms with Gasteiger partial charge >= 0.3 is 0 Å². The molecule has 5 nitrogen and oxygen atoms in total. The zero-order valence-corrected chi connectivity index (χ0v) is 15.0. The first-order valence-electron chi connectivity index (χ1n) is 7.88. The van der Waals surface area contributed by atoms with Gasteiger partial charge in [0, 0.05) is 11.1 Å². The van der Waals surface area contributed by atoms with Gasteiger partial charge in [-0.25, -0.2) is 4.39 Å². The summed E-state index contributed by atoms with van der Waals surface area (Å²) in [5.74, 6) is -0.723. The van der Waals surface area contributed by atoms with Gasteiger partial charge in [0.2, 0.25) is 0 Å². The molecule has 3 rings (SSSR count). The van der Waals surface area contributed by atoms with Gasteiger partial charge in [-0.1, -0.05) is 19.1 Å². The number of hydrogen-bond acceptors (Lipinski definition) is 4. The van der Waals surface area contributed by atoms with Gasteiger partial charge in [0.1, 0.15) is 11.6 Å². The molecule has 2 aromatic carbocycles. The smallest absolute Gasteiger partial charge is 0.276 e. The Kier molecular flexibility index (Phi) is 4.28. The van der Waals surface area contributed by atoms with Gasteiger partial charge < -0.3 is 5.11 Å². The van der Waals surface area contributed by atoms with Crippen LogP contribution in [0.25, 0.3) is 0 Å². The predicted octanol–water partition coefficient (Wildman–Crippen LogP) is 3.34. The van der Waals surface area contributed by atoms with E-state index in [1.54, 1.807) is 26.0 Å². The van der Waals surface area contributed by atoms with E-state index < -0.39 is 15.8 Å². The van der Waals surface area contributed by atoms with Crippen LogP contribution in [0.5, 0.6) is 5.75 Å². The highest BCUT2D eigenvalue weighted by molar-refractivity contribution is 7.89. The molecule has 25 heavy (non-hydrogen) atoms. The maximum absolute atomic E-state index is 14.0. The van der Waals surface area contributed by atoms with E-state index in [-0.39, 0.29) is 22.1 Å². The molecule has 0 aromatic heterocycles. The predicted molar refractivity (Wildman–Crippen MR) is 93.9 cm³/mol. The molecule has 2 aromatic rings. The number of aryl methyl sites for hydroxylation is 2. The molecule has 1 aliphatic rings. The minimum absolute atomic E-state index is 0.106. The normalized spacial score (nSPS) is 18.4. The second-order valence-electron chi connectivity index (χ2n) is 6.38. The molecule has 0 heterocycles. The Labute approximate surface area is 146 Å². The van der Waals surface area contributed by atoms with Gasteiger partial charge in [-0.2, -0.15) is 18.4 Å². The number of aromatic hydroxyl groups is 1. The van der Waals surface area contributed by atoms with Gasteiger partial charge in [0.15, 0.2) is 0 Å². The standard InChI is InChI=1S/C18H19FN2O3S/c1-10-4-5-11(2)16(8-10)25(23,24)21-20-14-9-12(3)17-13(19)6-7-15(22)18(14)17/h4-8,12,21-22H,9H2,1-3H3/b20-14+/t12-/m0/s1. The highest BCUT2D eigenvalue weighted by atomic mass is 32.2. The van der Waals surface area contributed by atoms with Crippen LogP contribution in [0.15, 0.2) is 40.3 Å². The molecule has 0 unspecified atom stereocenters. The van der Waals surface area contributed by atoms with E-state index in [2.05, 4.69) is 9.93 Å². The van der Waals surface area contributed by atoms with Crippen LogP contribution in [0.3, 0.4) is 0 Å². The first-order chi connectivity index (χ1) is 11.7. The summed E-state index contributed by atoms with van der Waals surface area (Å²) in [5.41, 5.74) is 2.39. The van der Waals surface area contributed by atoms with Gasteiger partial charge in [0.05, 0.1) is 10.6 Å². The number of halogens is 1. The summed E-state index contributed by atoms with van der Waals surface area (Å²) < 4.78 is 39.1. The van der Waals surface area contributed by atoms with Gasteiger partial charge in [-0.3, -0.25) is 0 Å². The van der Waals surface area contributed by atoms with Crippen LogP contribution in [0.1, 0.15) is 41.5 Å². The topological polar surface area (TPSA) is 78.8 Å². The SMILES string of the molecule is Cc1ccc(C)c(S(=O)(=O)N/N=C2\C[C@H](C)c3c(F)ccc(O)c32)c1. The first-order valence-corrected chi connectivity index (χ1v) is 9.36. The number of phenols is 1. The molecule has 0 bridgehead atoms. The van der Waals surface area contributed by atoms with Crippen LogP contribution < -0.4 is 4.83 Å². The van der Waals surface area contributed by atoms with E-state index >= 15 is 0 Å². The molecule has 7 heteroatoms. The second-order valence-corrected chi connectivity index (χ2v) is 8.01. The monoisotopic (exact) mass is 362 g/mol. The quantitative estimate of drug-likeness (QED) is 0.822. The van der Waals surface area contributed by atoms with E-state index in [9.17, 15) is 17.9 Å². The summed E-state index contributed by atoms with van der Waals surface area (Å²) in [7, 11) is -3.86. The molecule has 0 amide bonds. The zero-order chi connectivity index (χ0) is 18.4. The van der Waals surface area contributed by atoms with E-state index in [1.807, 2.05) is 13.0 Å². The van der Waals surface area contributed by atoms with Crippen molar-refractivity contribution >= 4 is 15.7 Å². The Bertz CT molecular complexity index is 984. The lowest BCUT2D eigenvalue weighted by atomic mass is 10.0. The minimum Gasteiger partial charge on any atom is -0.507 e. The highest BCUT2D eigenvalue weighted by Gasteiger charge is 2.31. The largest absolute Gasteiger partial charge is 0.507 e. The molecule has 1 aliphatic carbocycles. The number of hydrazone groups is 1. The van der Waals surface area contributed by atoms with Crippen molar-refractivity contribution in [3.8, 4) is 5.75 Å². The molecule has 0 aliphatic heterocycles. The molecular weight excluding hydrogens is 343 g/mol. The number of phenolic OH excluding ortho intramolecular Hbond substituents is 1. The zero-order valence-electron chi connectivity index (χ0n) is 14.2. The molecule has 0 saturated heterocycles. The Balaban J connectivity index is 1.99. The van der Waals surface area contributed by atoms with Gasteiger partial charge in [-0.05, 0) is 55.5 Å². The number of hydrogen-bond donors (Lipinski definition) is 2. The molecule has 132 valence electrons. The third-order valence-electron chi connectivity index (χ3n) is 4.39. The van der Waals surface area contributed by atoms with Crippen molar-refractivity contribution in [1.29, 1.82) is 0 Å². The Morgan fingerprint density at radius 1 is 1.24 bits per heavy atom. The lowest BCUT2D eigenvalue weighted by Crippen LogP contribution is -2.21. The summed E-state index contributed by atoms with van der Waals surface area (Å²) >= 11 is 0. The van der Waals surface area contributed by atoms with Crippen molar-refractivity contribution in [1.82, 2.24) is 4.83 Å². The summed E-state index contributed by atoms with van der Waals surface area (Å²) in [4.78, 5) is 2.37. The van der Waals surface area contributed by atoms with Crippen molar-refractivity contribution in [2.45, 2.75) is 38.0 Å². The van der Waals surface area contributed by atoms with Crippen LogP contribution in [-0.2, 0) is 10.0 Å². The number of nitrogens with zero attached hydrogens (tertiary/aromatic N) is 1. The fourth-order valence-electron chi connectivity index (χ4n) is 3.12. The van der Waals surface area contributed by atoms with E-state index in [0.717, 1.165) is 5.56 Å². The van der Waals surface area contributed by atoms with Crippen molar-refractivity contribution in [2.24, 2.45) is 5.10 Å². The van der Waals surface area contributed by atoms with E-state index in [0.29, 0.717) is 23.3 Å². The lowest BCUT2D eigenvalue weighted by molar-refractivity contribution is 0.470. The Morgan fingerprint density at radius 2 is 1.96 bits per heavy atom. The molecular formula is C18H19FN2O3S. The summed E-state index contributed by atoms with van der Waals surface area (Å²) in [6.45, 7) is 5.32. The lowest BCUT2D eigenvalue weighted by Gasteiger charge is -2.09. The number of nitrogens with one attached hydrogen (secondary N) is 1. The van der Waals surface area contributed by atoms with Gasteiger partial charge in [0.25, 0.3) is 10.0 Å². The fraction of sp³-hybridized carbons (Fsp3) is 0.278. The average molecular weight is 362 g/mol. The van der Waals surface area contributed by atoms with Crippen LogP contribution in [0.4, 0.5) is 4.39 Å². The van der Waals surface area contributed by atoms with E-state index in [4.69, 9.17) is 0 Å². The fourth-order valence-corrected chi connectivity index (χ4v) is 4.29. The van der Waals surface area contributed by atoms with Crippen molar-refractivity contribution in [2.75, 3.05) is 0 Å². The molecule has 0 spiro atoms. The Hall–Kier alpha value is -2.41. The van der Waals surface area contributed by atoms with E-state index in [1.165, 1.54) is 12.1 Å². The molecule has 2 N–H and O–H groups in total. The van der Waals surface area contributed by atoms with Crippen molar-refractivity contribution in [3.05, 3.63) is 58.4 Å². The third-order valence-corrected chi connectivity index (χ3v) is 5.74. The molecule has 0 radical (unpaired) electrons. The third kappa shape index (κ3) is 3.11. The highest BCUT2D eigenvalue weighted by Crippen LogP contribution is 2.39. The van der Waals surface area contributed by atoms with Gasteiger partial charge in [-0.15, -0.1) is 0 Å². The number of benzene rings is 2. The van der Waals surface area contributed by atoms with Crippen LogP contribution in [-0.4, -0.2) is 19.2 Å². The van der Waals surface area contributed by atoms with Crippen molar-refractivity contribution < 1.29 is 17.9 Å². The van der Waals surface area contributed by atoms with Crippen LogP contribution >= 0.6 is 0 Å². The maximum Gasteiger partial charge on any atom is 0.276 e. The number of sulfonamides is 1. The summed E-state index contributed by atoms with van der Waals surface area (Å²) in [6.07, 6.45) is 0.346.